The van der Waals surface area contributed by atoms with Crippen molar-refractivity contribution in [3.05, 3.63) is 6.17 Å². The summed E-state index contributed by atoms with van der Waals surface area (Å²) in [6.07, 6.45) is 1.99. The van der Waals surface area contributed by atoms with Crippen LogP contribution in [-0.2, 0) is 0 Å². The second-order valence-corrected chi connectivity index (χ2v) is 2.25. The molecule has 0 amide bonds. The van der Waals surface area contributed by atoms with Crippen molar-refractivity contribution in [3.63, 3.8) is 0 Å². The van der Waals surface area contributed by atoms with Crippen molar-refractivity contribution in [2.75, 3.05) is 0 Å². The highest BCUT2D eigenvalue weighted by molar-refractivity contribution is 4.83. The minimum Gasteiger partial charge on any atom is -0.393 e. The second-order valence-electron chi connectivity index (χ2n) is 2.25. The van der Waals surface area contributed by atoms with Gasteiger partial charge in [0.1, 0.15) is 6.17 Å². The van der Waals surface area contributed by atoms with E-state index in [1.54, 1.807) is 0 Å². The normalized spacial score (nSPS) is 26.2. The van der Waals surface area contributed by atoms with Gasteiger partial charge in [-0.05, 0) is 25.7 Å². The van der Waals surface area contributed by atoms with Crippen LogP contribution in [0.5, 0.6) is 0 Å². The second kappa shape index (κ2) is 2.44. The van der Waals surface area contributed by atoms with Crippen molar-refractivity contribution in [1.82, 2.24) is 0 Å². The quantitative estimate of drug-likeness (QED) is 0.508. The van der Waals surface area contributed by atoms with E-state index in [9.17, 15) is 4.39 Å². The lowest BCUT2D eigenvalue weighted by atomic mass is 9.96. The Hall–Kier alpha value is -0.110. The Labute approximate surface area is 48.5 Å². The van der Waals surface area contributed by atoms with E-state index in [0.29, 0.717) is 25.7 Å². The van der Waals surface area contributed by atoms with E-state index in [-0.39, 0.29) is 12.3 Å². The predicted octanol–water partition coefficient (Wildman–Crippen LogP) is 1.42. The molecule has 0 aliphatic heterocycles. The first-order chi connectivity index (χ1) is 3.79. The highest BCUT2D eigenvalue weighted by atomic mass is 19.1. The van der Waals surface area contributed by atoms with Gasteiger partial charge in [0.2, 0.25) is 0 Å². The summed E-state index contributed by atoms with van der Waals surface area (Å²) in [6, 6.07) is 0. The lowest BCUT2D eigenvalue weighted by Crippen LogP contribution is -2.14. The monoisotopic (exact) mass is 117 g/mol. The minimum absolute atomic E-state index is 0.0512. The van der Waals surface area contributed by atoms with Crippen LogP contribution < -0.4 is 0 Å². The van der Waals surface area contributed by atoms with E-state index in [1.807, 2.05) is 0 Å². The van der Waals surface area contributed by atoms with Crippen LogP contribution in [0.4, 0.5) is 4.39 Å². The van der Waals surface area contributed by atoms with Gasteiger partial charge >= 0.3 is 0 Å². The molecule has 0 aromatic heterocycles. The molecule has 1 fully saturated rings. The van der Waals surface area contributed by atoms with Crippen molar-refractivity contribution in [3.8, 4) is 0 Å². The zero-order valence-electron chi connectivity index (χ0n) is 4.73. The average molecular weight is 117 g/mol. The molecule has 0 aromatic carbocycles. The van der Waals surface area contributed by atoms with E-state index < -0.39 is 0 Å². The van der Waals surface area contributed by atoms with E-state index in [2.05, 4.69) is 0 Å². The summed E-state index contributed by atoms with van der Waals surface area (Å²) in [5, 5.41) is 8.85. The fraction of sp³-hybridized carbons (Fsp3) is 0.833. The van der Waals surface area contributed by atoms with Crippen molar-refractivity contribution >= 4 is 0 Å². The van der Waals surface area contributed by atoms with Gasteiger partial charge in [0.25, 0.3) is 0 Å². The number of aliphatic hydroxyl groups is 1. The maximum Gasteiger partial charge on any atom is 0.145 e. The fourth-order valence-electron chi connectivity index (χ4n) is 0.916. The van der Waals surface area contributed by atoms with Crippen molar-refractivity contribution < 1.29 is 9.50 Å². The third-order valence-electron chi connectivity index (χ3n) is 1.50. The molecule has 1 radical (unpaired) electrons. The third-order valence-corrected chi connectivity index (χ3v) is 1.50. The summed E-state index contributed by atoms with van der Waals surface area (Å²) in [5.74, 6) is 0. The summed E-state index contributed by atoms with van der Waals surface area (Å²) < 4.78 is 12.2. The SMILES string of the molecule is OC1CC[C](F)CC1. The molecular formula is C6H10FO. The molecule has 0 bridgehead atoms. The Morgan fingerprint density at radius 2 is 1.88 bits per heavy atom. The van der Waals surface area contributed by atoms with Gasteiger partial charge in [-0.25, -0.2) is 4.39 Å². The Kier molecular flexibility index (Phi) is 1.84. The molecule has 8 heavy (non-hydrogen) atoms. The van der Waals surface area contributed by atoms with Crippen molar-refractivity contribution in [1.29, 1.82) is 0 Å². The lowest BCUT2D eigenvalue weighted by Gasteiger charge is -2.17. The van der Waals surface area contributed by atoms with E-state index in [1.165, 1.54) is 0 Å². The number of aliphatic hydroxyl groups excluding tert-OH is 1. The van der Waals surface area contributed by atoms with E-state index in [0.717, 1.165) is 0 Å². The van der Waals surface area contributed by atoms with Gasteiger partial charge in [-0.1, -0.05) is 0 Å². The van der Waals surface area contributed by atoms with Gasteiger partial charge in [0, 0.05) is 0 Å². The largest absolute Gasteiger partial charge is 0.393 e. The number of halogens is 1. The van der Waals surface area contributed by atoms with Gasteiger partial charge in [-0.3, -0.25) is 0 Å². The standard InChI is InChI=1S/C6H10FO/c7-5-1-3-6(8)4-2-5/h6,8H,1-4H2. The van der Waals surface area contributed by atoms with Crippen LogP contribution in [0.25, 0.3) is 0 Å². The smallest absolute Gasteiger partial charge is 0.145 e. The molecule has 1 aliphatic rings. The fourth-order valence-corrected chi connectivity index (χ4v) is 0.916. The molecule has 1 rings (SSSR count). The summed E-state index contributed by atoms with van der Waals surface area (Å²) in [5.41, 5.74) is 0. The number of hydrogen-bond donors (Lipinski definition) is 1. The molecule has 1 aliphatic carbocycles. The third kappa shape index (κ3) is 1.44. The molecule has 0 saturated heterocycles. The number of hydrogen-bond acceptors (Lipinski definition) is 1. The zero-order chi connectivity index (χ0) is 5.98. The molecule has 47 valence electrons. The van der Waals surface area contributed by atoms with Crippen LogP contribution in [0.3, 0.4) is 0 Å². The van der Waals surface area contributed by atoms with Crippen LogP contribution >= 0.6 is 0 Å². The molecule has 0 spiro atoms. The van der Waals surface area contributed by atoms with Crippen LogP contribution in [0.1, 0.15) is 25.7 Å². The topological polar surface area (TPSA) is 20.2 Å². The maximum absolute atomic E-state index is 12.2. The highest BCUT2D eigenvalue weighted by Gasteiger charge is 2.18. The van der Waals surface area contributed by atoms with Crippen LogP contribution in [0.2, 0.25) is 0 Å². The lowest BCUT2D eigenvalue weighted by molar-refractivity contribution is 0.122. The summed E-state index contributed by atoms with van der Waals surface area (Å²) in [4.78, 5) is 0. The Morgan fingerprint density at radius 1 is 1.38 bits per heavy atom. The van der Waals surface area contributed by atoms with Gasteiger partial charge in [0.15, 0.2) is 0 Å². The Balaban J connectivity index is 2.19. The number of rotatable bonds is 0. The van der Waals surface area contributed by atoms with E-state index >= 15 is 0 Å². The van der Waals surface area contributed by atoms with Crippen molar-refractivity contribution in [2.45, 2.75) is 31.8 Å². The van der Waals surface area contributed by atoms with Crippen LogP contribution in [0, 0.1) is 6.17 Å². The molecule has 2 heteroatoms. The summed E-state index contributed by atoms with van der Waals surface area (Å²) in [6.45, 7) is 0. The van der Waals surface area contributed by atoms with Gasteiger partial charge in [-0.2, -0.15) is 0 Å². The first-order valence-corrected chi connectivity index (χ1v) is 2.97. The summed E-state index contributed by atoms with van der Waals surface area (Å²) in [7, 11) is 0. The Bertz CT molecular complexity index is 56.9. The molecule has 0 aromatic rings. The predicted molar refractivity (Wildman–Crippen MR) is 28.8 cm³/mol. The molecule has 1 saturated carbocycles. The van der Waals surface area contributed by atoms with Crippen LogP contribution in [-0.4, -0.2) is 11.2 Å². The van der Waals surface area contributed by atoms with Gasteiger partial charge < -0.3 is 5.11 Å². The Morgan fingerprint density at radius 3 is 2.25 bits per heavy atom. The first kappa shape index (κ1) is 6.02. The molecule has 1 nitrogen and oxygen atoms in total. The average Bonchev–Trinajstić information content (AvgIpc) is 1.77. The van der Waals surface area contributed by atoms with Crippen molar-refractivity contribution in [2.24, 2.45) is 0 Å². The van der Waals surface area contributed by atoms with E-state index in [4.69, 9.17) is 5.11 Å². The maximum atomic E-state index is 12.2. The molecule has 0 heterocycles. The molecular weight excluding hydrogens is 107 g/mol. The zero-order valence-corrected chi connectivity index (χ0v) is 4.73. The van der Waals surface area contributed by atoms with Gasteiger partial charge in [0.05, 0.1) is 6.10 Å². The minimum atomic E-state index is -0.241. The highest BCUT2D eigenvalue weighted by Crippen LogP contribution is 2.26. The molecule has 1 N–H and O–H groups in total. The summed E-state index contributed by atoms with van der Waals surface area (Å²) >= 11 is 0. The molecule has 0 unspecified atom stereocenters. The van der Waals surface area contributed by atoms with Crippen LogP contribution in [0.15, 0.2) is 0 Å². The van der Waals surface area contributed by atoms with Gasteiger partial charge in [-0.15, -0.1) is 0 Å². The first-order valence-electron chi connectivity index (χ1n) is 2.97. The molecule has 0 atom stereocenters.